The molecule has 0 spiro atoms. The van der Waals surface area contributed by atoms with Crippen LogP contribution in [0.15, 0.2) is 30.3 Å². The Bertz CT molecular complexity index is 751. The number of ether oxygens (including phenoxy) is 1. The number of nitrogens with zero attached hydrogens (tertiary/aromatic N) is 1. The van der Waals surface area contributed by atoms with Gasteiger partial charge in [-0.05, 0) is 43.2 Å². The highest BCUT2D eigenvalue weighted by Crippen LogP contribution is 2.28. The molecule has 0 atom stereocenters. The summed E-state index contributed by atoms with van der Waals surface area (Å²) in [6.45, 7) is 3.59. The fraction of sp³-hybridized carbons (Fsp3) is 0.133. The summed E-state index contributed by atoms with van der Waals surface area (Å²) in [5.74, 6) is -0.361. The lowest BCUT2D eigenvalue weighted by Crippen LogP contribution is -2.09. The van der Waals surface area contributed by atoms with E-state index in [1.807, 2.05) is 0 Å². The predicted molar refractivity (Wildman–Crippen MR) is 84.0 cm³/mol. The minimum Gasteiger partial charge on any atom is -0.423 e. The largest absolute Gasteiger partial charge is 0.423 e. The quantitative estimate of drug-likeness (QED) is 0.350. The molecule has 0 bridgehead atoms. The van der Waals surface area contributed by atoms with E-state index >= 15 is 0 Å². The van der Waals surface area contributed by atoms with Gasteiger partial charge in [0.1, 0.15) is 5.75 Å². The van der Waals surface area contributed by atoms with E-state index in [0.29, 0.717) is 10.8 Å². The van der Waals surface area contributed by atoms with Gasteiger partial charge in [0.15, 0.2) is 0 Å². The number of non-ortho nitro benzene ring substituents is 1. The monoisotopic (exact) mass is 339 g/mol. The maximum absolute atomic E-state index is 12.1. The van der Waals surface area contributed by atoms with Gasteiger partial charge in [0, 0.05) is 17.2 Å². The standard InChI is InChI=1S/C15H11Cl2NO4/c1-8-5-11(6-9(2)14(8)17)22-15(19)12-4-3-10(18(20)21)7-13(12)16/h3-7H,1-2H3. The number of aryl methyl sites for hydroxylation is 2. The van der Waals surface area contributed by atoms with E-state index < -0.39 is 10.9 Å². The summed E-state index contributed by atoms with van der Waals surface area (Å²) in [7, 11) is 0. The van der Waals surface area contributed by atoms with Crippen molar-refractivity contribution in [3.8, 4) is 5.75 Å². The van der Waals surface area contributed by atoms with Crippen LogP contribution in [0.5, 0.6) is 5.75 Å². The van der Waals surface area contributed by atoms with Gasteiger partial charge in [-0.25, -0.2) is 4.79 Å². The molecule has 0 aromatic heterocycles. The summed E-state index contributed by atoms with van der Waals surface area (Å²) >= 11 is 11.9. The van der Waals surface area contributed by atoms with E-state index in [9.17, 15) is 14.9 Å². The van der Waals surface area contributed by atoms with E-state index in [1.165, 1.54) is 12.1 Å². The topological polar surface area (TPSA) is 69.4 Å². The van der Waals surface area contributed by atoms with Crippen molar-refractivity contribution >= 4 is 34.9 Å². The number of nitro benzene ring substituents is 1. The van der Waals surface area contributed by atoms with Crippen molar-refractivity contribution in [2.75, 3.05) is 0 Å². The molecule has 0 saturated carbocycles. The maximum atomic E-state index is 12.1. The highest BCUT2D eigenvalue weighted by molar-refractivity contribution is 6.34. The molecule has 114 valence electrons. The van der Waals surface area contributed by atoms with Crippen LogP contribution < -0.4 is 4.74 Å². The van der Waals surface area contributed by atoms with Gasteiger partial charge < -0.3 is 4.74 Å². The van der Waals surface area contributed by atoms with Crippen molar-refractivity contribution in [3.05, 3.63) is 67.2 Å². The van der Waals surface area contributed by atoms with Crippen LogP contribution >= 0.6 is 23.2 Å². The van der Waals surface area contributed by atoms with Gasteiger partial charge >= 0.3 is 5.97 Å². The molecular formula is C15H11Cl2NO4. The molecule has 22 heavy (non-hydrogen) atoms. The predicted octanol–water partition coefficient (Wildman–Crippen LogP) is 4.74. The van der Waals surface area contributed by atoms with Crippen LogP contribution in [-0.2, 0) is 0 Å². The summed E-state index contributed by atoms with van der Waals surface area (Å²) in [5.41, 5.74) is 1.41. The molecule has 0 fully saturated rings. The lowest BCUT2D eigenvalue weighted by atomic mass is 10.1. The van der Waals surface area contributed by atoms with Crippen LogP contribution in [0.1, 0.15) is 21.5 Å². The zero-order valence-electron chi connectivity index (χ0n) is 11.7. The lowest BCUT2D eigenvalue weighted by molar-refractivity contribution is -0.384. The second kappa shape index (κ2) is 6.34. The Kier molecular flexibility index (Phi) is 4.68. The van der Waals surface area contributed by atoms with Crippen LogP contribution in [0.4, 0.5) is 5.69 Å². The fourth-order valence-corrected chi connectivity index (χ4v) is 2.27. The van der Waals surface area contributed by atoms with Gasteiger partial charge in [-0.1, -0.05) is 23.2 Å². The first-order valence-corrected chi connectivity index (χ1v) is 6.98. The molecule has 0 heterocycles. The highest BCUT2D eigenvalue weighted by Gasteiger charge is 2.17. The highest BCUT2D eigenvalue weighted by atomic mass is 35.5. The third-order valence-electron chi connectivity index (χ3n) is 3.00. The molecular weight excluding hydrogens is 329 g/mol. The third-order valence-corrected chi connectivity index (χ3v) is 3.91. The Morgan fingerprint density at radius 3 is 2.23 bits per heavy atom. The van der Waals surface area contributed by atoms with Gasteiger partial charge in [0.05, 0.1) is 15.5 Å². The summed E-state index contributed by atoms with van der Waals surface area (Å²) in [6, 6.07) is 6.83. The minimum absolute atomic E-state index is 0.0402. The number of rotatable bonds is 3. The first kappa shape index (κ1) is 16.3. The van der Waals surface area contributed by atoms with Crippen molar-refractivity contribution in [1.82, 2.24) is 0 Å². The first-order valence-electron chi connectivity index (χ1n) is 6.22. The fourth-order valence-electron chi connectivity index (χ4n) is 1.91. The number of hydrogen-bond acceptors (Lipinski definition) is 4. The Morgan fingerprint density at radius 2 is 1.73 bits per heavy atom. The minimum atomic E-state index is -0.693. The number of halogens is 2. The van der Waals surface area contributed by atoms with Gasteiger partial charge in [0.2, 0.25) is 0 Å². The van der Waals surface area contributed by atoms with Crippen molar-refractivity contribution in [3.63, 3.8) is 0 Å². The smallest absolute Gasteiger partial charge is 0.345 e. The third kappa shape index (κ3) is 3.37. The van der Waals surface area contributed by atoms with Crippen LogP contribution in [0.2, 0.25) is 10.0 Å². The van der Waals surface area contributed by atoms with Crippen LogP contribution in [0.25, 0.3) is 0 Å². The molecule has 0 radical (unpaired) electrons. The molecule has 7 heteroatoms. The molecule has 5 nitrogen and oxygen atoms in total. The molecule has 0 amide bonds. The van der Waals surface area contributed by atoms with Crippen molar-refractivity contribution in [2.45, 2.75) is 13.8 Å². The Hall–Kier alpha value is -2.11. The second-order valence-corrected chi connectivity index (χ2v) is 5.47. The van der Waals surface area contributed by atoms with Crippen LogP contribution in [-0.4, -0.2) is 10.9 Å². The molecule has 0 unspecified atom stereocenters. The molecule has 0 saturated heterocycles. The SMILES string of the molecule is Cc1cc(OC(=O)c2ccc([N+](=O)[O-])cc2Cl)cc(C)c1Cl. The van der Waals surface area contributed by atoms with E-state index in [4.69, 9.17) is 27.9 Å². The van der Waals surface area contributed by atoms with Crippen molar-refractivity contribution in [2.24, 2.45) is 0 Å². The first-order chi connectivity index (χ1) is 10.3. The Morgan fingerprint density at radius 1 is 1.14 bits per heavy atom. The lowest BCUT2D eigenvalue weighted by Gasteiger charge is -2.09. The summed E-state index contributed by atoms with van der Waals surface area (Å²) in [6.07, 6.45) is 0. The molecule has 0 aliphatic carbocycles. The molecule has 2 aromatic carbocycles. The molecule has 0 aliphatic heterocycles. The van der Waals surface area contributed by atoms with Crippen molar-refractivity contribution in [1.29, 1.82) is 0 Å². The summed E-state index contributed by atoms with van der Waals surface area (Å²) in [5, 5.41) is 11.2. The maximum Gasteiger partial charge on any atom is 0.345 e. The summed E-state index contributed by atoms with van der Waals surface area (Å²) < 4.78 is 5.25. The number of carbonyl (C=O) groups excluding carboxylic acids is 1. The number of hydrogen-bond donors (Lipinski definition) is 0. The van der Waals surface area contributed by atoms with E-state index in [0.717, 1.165) is 17.2 Å². The summed E-state index contributed by atoms with van der Waals surface area (Å²) in [4.78, 5) is 22.2. The second-order valence-electron chi connectivity index (χ2n) is 4.68. The molecule has 2 rings (SSSR count). The number of carbonyl (C=O) groups is 1. The van der Waals surface area contributed by atoms with Gasteiger partial charge in [-0.2, -0.15) is 0 Å². The van der Waals surface area contributed by atoms with Crippen molar-refractivity contribution < 1.29 is 14.5 Å². The van der Waals surface area contributed by atoms with E-state index in [2.05, 4.69) is 0 Å². The average Bonchev–Trinajstić information content (AvgIpc) is 2.44. The molecule has 0 aliphatic rings. The van der Waals surface area contributed by atoms with Gasteiger partial charge in [-0.15, -0.1) is 0 Å². The number of nitro groups is 1. The van der Waals surface area contributed by atoms with Crippen LogP contribution in [0, 0.1) is 24.0 Å². The Labute approximate surface area is 136 Å². The Balaban J connectivity index is 2.28. The van der Waals surface area contributed by atoms with E-state index in [1.54, 1.807) is 26.0 Å². The zero-order chi connectivity index (χ0) is 16.4. The van der Waals surface area contributed by atoms with Crippen LogP contribution in [0.3, 0.4) is 0 Å². The number of esters is 1. The molecule has 0 N–H and O–H groups in total. The molecule has 2 aromatic rings. The van der Waals surface area contributed by atoms with Gasteiger partial charge in [-0.3, -0.25) is 10.1 Å². The van der Waals surface area contributed by atoms with E-state index in [-0.39, 0.29) is 16.3 Å². The van der Waals surface area contributed by atoms with Gasteiger partial charge in [0.25, 0.3) is 5.69 Å². The zero-order valence-corrected chi connectivity index (χ0v) is 13.2. The average molecular weight is 340 g/mol. The number of benzene rings is 2. The normalized spacial score (nSPS) is 10.4.